The molecule has 1 unspecified atom stereocenters. The van der Waals surface area contributed by atoms with Gasteiger partial charge in [0.05, 0.1) is 5.56 Å². The molecule has 0 N–H and O–H groups in total. The maximum absolute atomic E-state index is 14.6. The average molecular weight is 371 g/mol. The number of halogens is 2. The predicted octanol–water partition coefficient (Wildman–Crippen LogP) is 7.81. The second-order valence-corrected chi connectivity index (χ2v) is 8.40. The topological polar surface area (TPSA) is 0 Å². The second-order valence-electron chi connectivity index (χ2n) is 8.40. The molecule has 2 heteroatoms. The van der Waals surface area contributed by atoms with Crippen molar-refractivity contribution < 1.29 is 8.78 Å². The molecule has 2 aromatic rings. The summed E-state index contributed by atoms with van der Waals surface area (Å²) in [6.45, 7) is 4.51. The first-order valence-electron chi connectivity index (χ1n) is 10.6. The molecule has 1 saturated carbocycles. The molecule has 1 aliphatic carbocycles. The Labute approximate surface area is 163 Å². The predicted molar refractivity (Wildman–Crippen MR) is 110 cm³/mol. The van der Waals surface area contributed by atoms with Crippen LogP contribution in [-0.4, -0.2) is 0 Å². The molecule has 0 radical (unpaired) electrons. The first kappa shape index (κ1) is 20.0. The molecule has 0 saturated heterocycles. The van der Waals surface area contributed by atoms with Crippen molar-refractivity contribution >= 4 is 0 Å². The summed E-state index contributed by atoms with van der Waals surface area (Å²) in [5, 5.41) is 0. The molecule has 0 aliphatic heterocycles. The Kier molecular flexibility index (Phi) is 7.04. The fourth-order valence-electron chi connectivity index (χ4n) is 4.70. The zero-order valence-electron chi connectivity index (χ0n) is 16.7. The Balaban J connectivity index is 1.63. The molecule has 3 rings (SSSR count). The van der Waals surface area contributed by atoms with Crippen LogP contribution in [0.2, 0.25) is 0 Å². The summed E-state index contributed by atoms with van der Waals surface area (Å²) in [7, 11) is 0. The molecule has 1 atom stereocenters. The Hall–Kier alpha value is -1.70. The number of unbranched alkanes of at least 4 members (excludes halogenated alkanes) is 1. The van der Waals surface area contributed by atoms with Crippen LogP contribution in [0.4, 0.5) is 8.78 Å². The minimum absolute atomic E-state index is 0.0865. The summed E-state index contributed by atoms with van der Waals surface area (Å²) in [4.78, 5) is 0. The third-order valence-electron chi connectivity index (χ3n) is 6.38. The van der Waals surface area contributed by atoms with Gasteiger partial charge in [-0.25, -0.2) is 8.78 Å². The van der Waals surface area contributed by atoms with E-state index >= 15 is 0 Å². The molecular formula is C25H32F2. The standard InChI is InChI=1S/C25H32F2/c1-3-4-8-19-11-13-21(14-12-19)18(2)15-20-16-23(26)25(24(27)17-20)22-9-6-5-7-10-22/h5-7,9-10,16-19,21H,3-4,8,11-15H2,1-2H3. The largest absolute Gasteiger partial charge is 0.206 e. The monoisotopic (exact) mass is 370 g/mol. The Morgan fingerprint density at radius 2 is 1.59 bits per heavy atom. The second kappa shape index (κ2) is 9.48. The van der Waals surface area contributed by atoms with Gasteiger partial charge in [0.1, 0.15) is 11.6 Å². The lowest BCUT2D eigenvalue weighted by Crippen LogP contribution is -2.21. The summed E-state index contributed by atoms with van der Waals surface area (Å²) in [5.41, 5.74) is 1.46. The van der Waals surface area contributed by atoms with Gasteiger partial charge in [0.25, 0.3) is 0 Å². The normalized spacial score (nSPS) is 21.2. The van der Waals surface area contributed by atoms with Gasteiger partial charge in [-0.3, -0.25) is 0 Å². The quantitative estimate of drug-likeness (QED) is 0.466. The molecule has 0 amide bonds. The van der Waals surface area contributed by atoms with Gasteiger partial charge in [0.15, 0.2) is 0 Å². The van der Waals surface area contributed by atoms with Crippen LogP contribution in [0.1, 0.15) is 64.4 Å². The van der Waals surface area contributed by atoms with Crippen LogP contribution in [0.25, 0.3) is 11.1 Å². The van der Waals surface area contributed by atoms with Gasteiger partial charge < -0.3 is 0 Å². The van der Waals surface area contributed by atoms with Crippen LogP contribution in [0, 0.1) is 29.4 Å². The van der Waals surface area contributed by atoms with E-state index in [-0.39, 0.29) is 5.56 Å². The van der Waals surface area contributed by atoms with Crippen LogP contribution in [-0.2, 0) is 6.42 Å². The smallest absolute Gasteiger partial charge is 0.134 e. The zero-order valence-corrected chi connectivity index (χ0v) is 16.7. The van der Waals surface area contributed by atoms with Crippen molar-refractivity contribution in [2.24, 2.45) is 17.8 Å². The molecule has 0 heterocycles. The van der Waals surface area contributed by atoms with E-state index in [0.717, 1.165) is 17.9 Å². The van der Waals surface area contributed by atoms with Crippen molar-refractivity contribution in [3.8, 4) is 11.1 Å². The lowest BCUT2D eigenvalue weighted by atomic mass is 9.73. The molecule has 0 nitrogen and oxygen atoms in total. The maximum atomic E-state index is 14.6. The van der Waals surface area contributed by atoms with E-state index < -0.39 is 11.6 Å². The van der Waals surface area contributed by atoms with Crippen molar-refractivity contribution in [2.45, 2.75) is 65.2 Å². The van der Waals surface area contributed by atoms with E-state index in [0.29, 0.717) is 17.4 Å². The fraction of sp³-hybridized carbons (Fsp3) is 0.520. The Bertz CT molecular complexity index is 691. The first-order valence-corrected chi connectivity index (χ1v) is 10.6. The molecule has 2 aromatic carbocycles. The zero-order chi connectivity index (χ0) is 19.2. The van der Waals surface area contributed by atoms with E-state index in [1.165, 1.54) is 57.1 Å². The van der Waals surface area contributed by atoms with Crippen LogP contribution < -0.4 is 0 Å². The van der Waals surface area contributed by atoms with Crippen molar-refractivity contribution in [2.75, 3.05) is 0 Å². The SMILES string of the molecule is CCCCC1CCC(C(C)Cc2cc(F)c(-c3ccccc3)c(F)c2)CC1. The van der Waals surface area contributed by atoms with E-state index in [2.05, 4.69) is 13.8 Å². The van der Waals surface area contributed by atoms with E-state index in [1.54, 1.807) is 24.3 Å². The summed E-state index contributed by atoms with van der Waals surface area (Å²) < 4.78 is 29.2. The van der Waals surface area contributed by atoms with E-state index in [4.69, 9.17) is 0 Å². The van der Waals surface area contributed by atoms with E-state index in [9.17, 15) is 8.78 Å². The highest BCUT2D eigenvalue weighted by Crippen LogP contribution is 2.37. The lowest BCUT2D eigenvalue weighted by molar-refractivity contribution is 0.204. The molecular weight excluding hydrogens is 338 g/mol. The molecule has 146 valence electrons. The number of hydrogen-bond acceptors (Lipinski definition) is 0. The van der Waals surface area contributed by atoms with Crippen LogP contribution in [0.15, 0.2) is 42.5 Å². The molecule has 1 aliphatic rings. The molecule has 1 fully saturated rings. The number of hydrogen-bond donors (Lipinski definition) is 0. The van der Waals surface area contributed by atoms with Crippen LogP contribution in [0.5, 0.6) is 0 Å². The van der Waals surface area contributed by atoms with Crippen LogP contribution >= 0.6 is 0 Å². The van der Waals surface area contributed by atoms with Gasteiger partial charge in [0, 0.05) is 0 Å². The highest BCUT2D eigenvalue weighted by molar-refractivity contribution is 5.65. The lowest BCUT2D eigenvalue weighted by Gasteiger charge is -2.32. The summed E-state index contributed by atoms with van der Waals surface area (Å²) in [6, 6.07) is 12.0. The Morgan fingerprint density at radius 3 is 2.19 bits per heavy atom. The van der Waals surface area contributed by atoms with Gasteiger partial charge in [-0.1, -0.05) is 76.3 Å². The van der Waals surface area contributed by atoms with E-state index in [1.807, 2.05) is 6.07 Å². The fourth-order valence-corrected chi connectivity index (χ4v) is 4.70. The van der Waals surface area contributed by atoms with Crippen molar-refractivity contribution in [1.29, 1.82) is 0 Å². The summed E-state index contributed by atoms with van der Waals surface area (Å²) >= 11 is 0. The average Bonchev–Trinajstić information content (AvgIpc) is 2.67. The van der Waals surface area contributed by atoms with Crippen LogP contribution in [0.3, 0.4) is 0 Å². The third kappa shape index (κ3) is 5.18. The van der Waals surface area contributed by atoms with Gasteiger partial charge in [-0.2, -0.15) is 0 Å². The minimum Gasteiger partial charge on any atom is -0.206 e. The number of benzene rings is 2. The third-order valence-corrected chi connectivity index (χ3v) is 6.38. The van der Waals surface area contributed by atoms with Crippen molar-refractivity contribution in [3.63, 3.8) is 0 Å². The van der Waals surface area contributed by atoms with Crippen molar-refractivity contribution in [3.05, 3.63) is 59.7 Å². The molecule has 27 heavy (non-hydrogen) atoms. The molecule has 0 aromatic heterocycles. The van der Waals surface area contributed by atoms with Crippen molar-refractivity contribution in [1.82, 2.24) is 0 Å². The van der Waals surface area contributed by atoms with Gasteiger partial charge in [-0.15, -0.1) is 0 Å². The summed E-state index contributed by atoms with van der Waals surface area (Å²) in [5.74, 6) is 1.15. The van der Waals surface area contributed by atoms with Gasteiger partial charge in [0.2, 0.25) is 0 Å². The van der Waals surface area contributed by atoms with Gasteiger partial charge >= 0.3 is 0 Å². The molecule has 0 spiro atoms. The summed E-state index contributed by atoms with van der Waals surface area (Å²) in [6.07, 6.45) is 9.94. The maximum Gasteiger partial charge on any atom is 0.134 e. The van der Waals surface area contributed by atoms with Gasteiger partial charge in [-0.05, 0) is 60.3 Å². The highest BCUT2D eigenvalue weighted by atomic mass is 19.1. The number of rotatable bonds is 7. The first-order chi connectivity index (χ1) is 13.1. The highest BCUT2D eigenvalue weighted by Gasteiger charge is 2.25. The molecule has 0 bridgehead atoms. The Morgan fingerprint density at radius 1 is 0.963 bits per heavy atom. The minimum atomic E-state index is -0.452.